The second kappa shape index (κ2) is 5.41. The molecule has 102 valence electrons. The van der Waals surface area contributed by atoms with Gasteiger partial charge in [0.2, 0.25) is 5.91 Å². The average Bonchev–Trinajstić information content (AvgIpc) is 2.27. The lowest BCUT2D eigenvalue weighted by Gasteiger charge is -2.18. The van der Waals surface area contributed by atoms with Crippen LogP contribution in [-0.2, 0) is 14.6 Å². The highest BCUT2D eigenvalue weighted by molar-refractivity contribution is 7.93. The van der Waals surface area contributed by atoms with E-state index in [1.807, 2.05) is 6.07 Å². The summed E-state index contributed by atoms with van der Waals surface area (Å²) in [7, 11) is -3.53. The molecule has 0 aliphatic carbocycles. The van der Waals surface area contributed by atoms with Gasteiger partial charge in [-0.05, 0) is 32.9 Å². The maximum Gasteiger partial charge on any atom is 0.239 e. The number of hydrogen-bond acceptors (Lipinski definition) is 4. The highest BCUT2D eigenvalue weighted by atomic mass is 32.2. The van der Waals surface area contributed by atoms with Crippen LogP contribution in [0.2, 0.25) is 0 Å². The van der Waals surface area contributed by atoms with E-state index in [9.17, 15) is 13.2 Å². The molecule has 0 saturated carbocycles. The summed E-state index contributed by atoms with van der Waals surface area (Å²) in [4.78, 5) is 11.7. The van der Waals surface area contributed by atoms with Gasteiger partial charge < -0.3 is 5.32 Å². The lowest BCUT2D eigenvalue weighted by molar-refractivity contribution is -0.113. The van der Waals surface area contributed by atoms with E-state index in [4.69, 9.17) is 5.26 Å². The van der Waals surface area contributed by atoms with Crippen LogP contribution in [0.25, 0.3) is 0 Å². The molecule has 0 aliphatic rings. The lowest BCUT2D eigenvalue weighted by Crippen LogP contribution is -2.35. The quantitative estimate of drug-likeness (QED) is 0.913. The number of benzene rings is 1. The van der Waals surface area contributed by atoms with Crippen molar-refractivity contribution in [3.8, 4) is 6.07 Å². The summed E-state index contributed by atoms with van der Waals surface area (Å²) < 4.78 is 22.8. The molecule has 0 bridgehead atoms. The van der Waals surface area contributed by atoms with Crippen LogP contribution in [0.3, 0.4) is 0 Å². The van der Waals surface area contributed by atoms with Crippen LogP contribution >= 0.6 is 0 Å². The number of carbonyl (C=O) groups excluding carboxylic acids is 1. The molecule has 0 fully saturated rings. The summed E-state index contributed by atoms with van der Waals surface area (Å²) in [5, 5.41) is 11.3. The minimum atomic E-state index is -3.53. The Morgan fingerprint density at radius 1 is 1.32 bits per heavy atom. The Morgan fingerprint density at radius 2 is 1.89 bits per heavy atom. The van der Waals surface area contributed by atoms with E-state index in [0.29, 0.717) is 11.3 Å². The fourth-order valence-electron chi connectivity index (χ4n) is 1.26. The number of nitrogens with zero attached hydrogens (tertiary/aromatic N) is 1. The minimum Gasteiger partial charge on any atom is -0.324 e. The van der Waals surface area contributed by atoms with Gasteiger partial charge in [0.25, 0.3) is 0 Å². The zero-order chi connectivity index (χ0) is 14.7. The largest absolute Gasteiger partial charge is 0.324 e. The highest BCUT2D eigenvalue weighted by Gasteiger charge is 2.31. The Labute approximate surface area is 113 Å². The van der Waals surface area contributed by atoms with E-state index in [0.717, 1.165) is 0 Å². The maximum atomic E-state index is 11.9. The van der Waals surface area contributed by atoms with Crippen molar-refractivity contribution in [2.24, 2.45) is 0 Å². The van der Waals surface area contributed by atoms with E-state index >= 15 is 0 Å². The van der Waals surface area contributed by atoms with Crippen LogP contribution in [0.4, 0.5) is 5.69 Å². The number of carbonyl (C=O) groups is 1. The van der Waals surface area contributed by atoms with Gasteiger partial charge in [0.05, 0.1) is 16.0 Å². The van der Waals surface area contributed by atoms with E-state index < -0.39 is 26.2 Å². The first-order valence-electron chi connectivity index (χ1n) is 5.68. The summed E-state index contributed by atoms with van der Waals surface area (Å²) in [6.45, 7) is 4.62. The molecule has 0 unspecified atom stereocenters. The van der Waals surface area contributed by atoms with E-state index in [-0.39, 0.29) is 0 Å². The van der Waals surface area contributed by atoms with Crippen LogP contribution in [0.1, 0.15) is 26.3 Å². The van der Waals surface area contributed by atoms with Crippen molar-refractivity contribution in [1.82, 2.24) is 0 Å². The van der Waals surface area contributed by atoms with Crippen LogP contribution in [0.5, 0.6) is 0 Å². The molecule has 0 aromatic heterocycles. The topological polar surface area (TPSA) is 87.0 Å². The van der Waals surface area contributed by atoms with Gasteiger partial charge in [0, 0.05) is 0 Å². The average molecular weight is 280 g/mol. The first-order valence-corrected chi connectivity index (χ1v) is 7.34. The fraction of sp³-hybridized carbons (Fsp3) is 0.385. The number of rotatable bonds is 3. The van der Waals surface area contributed by atoms with Crippen molar-refractivity contribution in [2.45, 2.75) is 25.5 Å². The van der Waals surface area contributed by atoms with E-state index in [1.165, 1.54) is 0 Å². The van der Waals surface area contributed by atoms with Gasteiger partial charge >= 0.3 is 0 Å². The van der Waals surface area contributed by atoms with Crippen LogP contribution < -0.4 is 5.32 Å². The van der Waals surface area contributed by atoms with Gasteiger partial charge in [0.1, 0.15) is 11.8 Å². The number of para-hydroxylation sites is 1. The summed E-state index contributed by atoms with van der Waals surface area (Å²) in [6.07, 6.45) is 0. The molecule has 0 atom stereocenters. The number of amides is 1. The molecule has 5 nitrogen and oxygen atoms in total. The van der Waals surface area contributed by atoms with Crippen LogP contribution in [0, 0.1) is 11.3 Å². The smallest absolute Gasteiger partial charge is 0.239 e. The van der Waals surface area contributed by atoms with Crippen LogP contribution in [0.15, 0.2) is 24.3 Å². The molecule has 0 heterocycles. The zero-order valence-electron chi connectivity index (χ0n) is 11.1. The number of sulfone groups is 1. The third-order valence-corrected chi connectivity index (χ3v) is 5.08. The van der Waals surface area contributed by atoms with Crippen LogP contribution in [-0.4, -0.2) is 24.8 Å². The van der Waals surface area contributed by atoms with Crippen molar-refractivity contribution in [2.75, 3.05) is 11.1 Å². The fourth-order valence-corrected chi connectivity index (χ4v) is 2.12. The number of hydrogen-bond donors (Lipinski definition) is 1. The lowest BCUT2D eigenvalue weighted by atomic mass is 10.2. The van der Waals surface area contributed by atoms with E-state index in [1.54, 1.807) is 45.0 Å². The Kier molecular flexibility index (Phi) is 4.32. The normalized spacial score (nSPS) is 11.7. The van der Waals surface area contributed by atoms with Crippen molar-refractivity contribution in [3.05, 3.63) is 29.8 Å². The standard InChI is InChI=1S/C13H16N2O3S/c1-13(2,3)19(17,18)9-12(16)15-11-7-5-4-6-10(11)8-14/h4-7H,9H2,1-3H3,(H,15,16). The molecular weight excluding hydrogens is 264 g/mol. The van der Waals surface area contributed by atoms with Gasteiger partial charge in [-0.15, -0.1) is 0 Å². The highest BCUT2D eigenvalue weighted by Crippen LogP contribution is 2.17. The van der Waals surface area contributed by atoms with Gasteiger partial charge in [-0.3, -0.25) is 4.79 Å². The summed E-state index contributed by atoms with van der Waals surface area (Å²) >= 11 is 0. The molecule has 1 aromatic rings. The SMILES string of the molecule is CC(C)(C)S(=O)(=O)CC(=O)Nc1ccccc1C#N. The summed E-state index contributed by atoms with van der Waals surface area (Å²) in [5.74, 6) is -1.24. The van der Waals surface area contributed by atoms with Gasteiger partial charge in [-0.2, -0.15) is 5.26 Å². The Hall–Kier alpha value is -1.87. The number of anilines is 1. The molecular formula is C13H16N2O3S. The van der Waals surface area contributed by atoms with Crippen molar-refractivity contribution >= 4 is 21.4 Å². The summed E-state index contributed by atoms with van der Waals surface area (Å²) in [6, 6.07) is 8.36. The molecule has 1 N–H and O–H groups in total. The Morgan fingerprint density at radius 3 is 2.42 bits per heavy atom. The van der Waals surface area contributed by atoms with Crippen molar-refractivity contribution in [1.29, 1.82) is 5.26 Å². The molecule has 19 heavy (non-hydrogen) atoms. The third-order valence-electron chi connectivity index (χ3n) is 2.58. The molecule has 1 amide bonds. The molecule has 6 heteroatoms. The minimum absolute atomic E-state index is 0.295. The van der Waals surface area contributed by atoms with Gasteiger partial charge in [0.15, 0.2) is 9.84 Å². The molecule has 1 aromatic carbocycles. The maximum absolute atomic E-state index is 11.9. The molecule has 1 rings (SSSR count). The molecule has 0 spiro atoms. The first kappa shape index (κ1) is 15.2. The second-order valence-electron chi connectivity index (χ2n) is 5.08. The second-order valence-corrected chi connectivity index (χ2v) is 7.82. The molecule has 0 saturated heterocycles. The monoisotopic (exact) mass is 280 g/mol. The number of nitriles is 1. The van der Waals surface area contributed by atoms with Crippen molar-refractivity contribution in [3.63, 3.8) is 0 Å². The molecule has 0 aliphatic heterocycles. The first-order chi connectivity index (χ1) is 8.67. The van der Waals surface area contributed by atoms with Gasteiger partial charge in [-0.1, -0.05) is 12.1 Å². The van der Waals surface area contributed by atoms with Gasteiger partial charge in [-0.25, -0.2) is 8.42 Å². The summed E-state index contributed by atoms with van der Waals surface area (Å²) in [5.41, 5.74) is 0.614. The third kappa shape index (κ3) is 3.80. The number of nitrogens with one attached hydrogen (secondary N) is 1. The predicted molar refractivity (Wildman–Crippen MR) is 73.3 cm³/mol. The van der Waals surface area contributed by atoms with E-state index in [2.05, 4.69) is 5.32 Å². The Bertz CT molecular complexity index is 622. The molecule has 0 radical (unpaired) electrons. The Balaban J connectivity index is 2.86. The zero-order valence-corrected chi connectivity index (χ0v) is 11.9. The van der Waals surface area contributed by atoms with Crippen molar-refractivity contribution < 1.29 is 13.2 Å². The predicted octanol–water partition coefficient (Wildman–Crippen LogP) is 1.71.